The number of nitrogens with one attached hydrogen (secondary N) is 2. The molecule has 0 aliphatic heterocycles. The Morgan fingerprint density at radius 1 is 1.13 bits per heavy atom. The van der Waals surface area contributed by atoms with Gasteiger partial charge in [-0.25, -0.2) is 4.99 Å². The van der Waals surface area contributed by atoms with Gasteiger partial charge in [0.25, 0.3) is 0 Å². The zero-order valence-electron chi connectivity index (χ0n) is 18.0. The van der Waals surface area contributed by atoms with E-state index in [1.54, 1.807) is 19.2 Å². The normalized spacial score (nSPS) is 11.2. The highest BCUT2D eigenvalue weighted by atomic mass is 16.5. The number of hydrogen-bond donors (Lipinski definition) is 3. The van der Waals surface area contributed by atoms with Crippen molar-refractivity contribution in [2.24, 2.45) is 10.7 Å². The number of benzene rings is 2. The molecule has 0 bridgehead atoms. The Morgan fingerprint density at radius 2 is 1.97 bits per heavy atom. The number of guanidine groups is 1. The van der Waals surface area contributed by atoms with Gasteiger partial charge in [0.2, 0.25) is 5.91 Å². The Kier molecular flexibility index (Phi) is 9.67. The standard InChI is InChI=1S/C23H32N4O3/c1-4-25-23(26-15-18-7-5-8-19(14-18)22(24)28)27-16-20-10-9-17(2)13-21(20)30-12-6-11-29-3/h5,7-10,13-14H,4,6,11-12,15-16H2,1-3H3,(H2,24,28)(H2,25,26,27). The zero-order valence-corrected chi connectivity index (χ0v) is 18.0. The highest BCUT2D eigenvalue weighted by Crippen LogP contribution is 2.20. The fourth-order valence-corrected chi connectivity index (χ4v) is 2.84. The number of nitrogens with zero attached hydrogens (tertiary/aromatic N) is 1. The monoisotopic (exact) mass is 412 g/mol. The van der Waals surface area contributed by atoms with Gasteiger partial charge in [0.05, 0.1) is 13.2 Å². The molecule has 2 rings (SSSR count). The van der Waals surface area contributed by atoms with Crippen LogP contribution in [0, 0.1) is 6.92 Å². The van der Waals surface area contributed by atoms with E-state index in [1.165, 1.54) is 0 Å². The minimum atomic E-state index is -0.441. The lowest BCUT2D eigenvalue weighted by molar-refractivity contribution is 0.1000. The molecule has 4 N–H and O–H groups in total. The maximum Gasteiger partial charge on any atom is 0.248 e. The van der Waals surface area contributed by atoms with Crippen molar-refractivity contribution in [1.82, 2.24) is 10.6 Å². The molecule has 1 amide bonds. The largest absolute Gasteiger partial charge is 0.493 e. The Balaban J connectivity index is 2.04. The van der Waals surface area contributed by atoms with Crippen molar-refractivity contribution in [3.8, 4) is 5.75 Å². The van der Waals surface area contributed by atoms with Gasteiger partial charge in [-0.15, -0.1) is 0 Å². The lowest BCUT2D eigenvalue weighted by atomic mass is 10.1. The lowest BCUT2D eigenvalue weighted by Crippen LogP contribution is -2.36. The van der Waals surface area contributed by atoms with Crippen LogP contribution in [0.4, 0.5) is 0 Å². The van der Waals surface area contributed by atoms with Crippen LogP contribution in [0.25, 0.3) is 0 Å². The van der Waals surface area contributed by atoms with Gasteiger partial charge >= 0.3 is 0 Å². The molecular formula is C23H32N4O3. The van der Waals surface area contributed by atoms with Crippen molar-refractivity contribution >= 4 is 11.9 Å². The summed E-state index contributed by atoms with van der Waals surface area (Å²) in [5, 5.41) is 6.59. The van der Waals surface area contributed by atoms with E-state index < -0.39 is 5.91 Å². The molecule has 0 aliphatic rings. The van der Waals surface area contributed by atoms with E-state index >= 15 is 0 Å². The van der Waals surface area contributed by atoms with Gasteiger partial charge in [0.15, 0.2) is 5.96 Å². The number of carbonyl (C=O) groups is 1. The van der Waals surface area contributed by atoms with Crippen molar-refractivity contribution in [3.63, 3.8) is 0 Å². The molecule has 0 spiro atoms. The fraction of sp³-hybridized carbons (Fsp3) is 0.391. The van der Waals surface area contributed by atoms with E-state index in [1.807, 2.05) is 32.0 Å². The van der Waals surface area contributed by atoms with Gasteiger partial charge in [-0.05, 0) is 43.2 Å². The smallest absolute Gasteiger partial charge is 0.248 e. The van der Waals surface area contributed by atoms with E-state index in [4.69, 9.17) is 15.2 Å². The fourth-order valence-electron chi connectivity index (χ4n) is 2.84. The predicted octanol–water partition coefficient (Wildman–Crippen LogP) is 2.76. The van der Waals surface area contributed by atoms with Gasteiger partial charge in [-0.1, -0.05) is 24.3 Å². The summed E-state index contributed by atoms with van der Waals surface area (Å²) in [5.41, 5.74) is 8.96. The first-order valence-electron chi connectivity index (χ1n) is 10.2. The Labute approximate surface area is 178 Å². The number of primary amides is 1. The molecule has 2 aromatic carbocycles. The number of ether oxygens (including phenoxy) is 2. The van der Waals surface area contributed by atoms with Crippen LogP contribution < -0.4 is 21.1 Å². The van der Waals surface area contributed by atoms with E-state index in [9.17, 15) is 4.79 Å². The molecule has 0 saturated heterocycles. The summed E-state index contributed by atoms with van der Waals surface area (Å²) < 4.78 is 11.0. The second-order valence-electron chi connectivity index (χ2n) is 6.92. The molecule has 30 heavy (non-hydrogen) atoms. The van der Waals surface area contributed by atoms with Crippen LogP contribution in [0.3, 0.4) is 0 Å². The molecule has 0 aliphatic carbocycles. The van der Waals surface area contributed by atoms with E-state index in [-0.39, 0.29) is 0 Å². The average Bonchev–Trinajstić information content (AvgIpc) is 2.74. The lowest BCUT2D eigenvalue weighted by Gasteiger charge is -2.15. The summed E-state index contributed by atoms with van der Waals surface area (Å²) in [4.78, 5) is 16.0. The third-order valence-electron chi connectivity index (χ3n) is 4.39. The van der Waals surface area contributed by atoms with Crippen LogP contribution in [0.2, 0.25) is 0 Å². The Hall–Kier alpha value is -3.06. The topological polar surface area (TPSA) is 98.0 Å². The summed E-state index contributed by atoms with van der Waals surface area (Å²) >= 11 is 0. The van der Waals surface area contributed by atoms with Crippen LogP contribution in [-0.2, 0) is 17.8 Å². The average molecular weight is 413 g/mol. The number of amides is 1. The zero-order chi connectivity index (χ0) is 21.8. The number of nitrogens with two attached hydrogens (primary N) is 1. The second-order valence-corrected chi connectivity index (χ2v) is 6.92. The van der Waals surface area contributed by atoms with E-state index in [0.717, 1.165) is 35.4 Å². The highest BCUT2D eigenvalue weighted by Gasteiger charge is 2.07. The first-order valence-corrected chi connectivity index (χ1v) is 10.2. The molecule has 0 heterocycles. The number of carbonyl (C=O) groups excluding carboxylic acids is 1. The molecule has 0 atom stereocenters. The van der Waals surface area contributed by atoms with Crippen LogP contribution in [0.5, 0.6) is 5.75 Å². The van der Waals surface area contributed by atoms with Gasteiger partial charge in [0, 0.05) is 44.4 Å². The first-order chi connectivity index (χ1) is 14.5. The molecule has 7 heteroatoms. The minimum Gasteiger partial charge on any atom is -0.493 e. The second kappa shape index (κ2) is 12.5. The Bertz CT molecular complexity index is 852. The maximum atomic E-state index is 11.4. The molecule has 7 nitrogen and oxygen atoms in total. The summed E-state index contributed by atoms with van der Waals surface area (Å²) in [6, 6.07) is 13.4. The van der Waals surface area contributed by atoms with Gasteiger partial charge in [-0.2, -0.15) is 0 Å². The third-order valence-corrected chi connectivity index (χ3v) is 4.39. The first kappa shape index (κ1) is 23.2. The van der Waals surface area contributed by atoms with Crippen LogP contribution in [-0.4, -0.2) is 38.7 Å². The van der Waals surface area contributed by atoms with E-state index in [0.29, 0.717) is 37.8 Å². The molecule has 0 aromatic heterocycles. The molecule has 0 unspecified atom stereocenters. The molecule has 0 saturated carbocycles. The third kappa shape index (κ3) is 7.75. The van der Waals surface area contributed by atoms with Crippen LogP contribution >= 0.6 is 0 Å². The van der Waals surface area contributed by atoms with Crippen molar-refractivity contribution in [2.45, 2.75) is 33.4 Å². The number of aliphatic imine (C=N–C) groups is 1. The number of methoxy groups -OCH3 is 1. The van der Waals surface area contributed by atoms with Gasteiger partial charge < -0.3 is 25.8 Å². The maximum absolute atomic E-state index is 11.4. The molecule has 0 radical (unpaired) electrons. The molecule has 2 aromatic rings. The quantitative estimate of drug-likeness (QED) is 0.299. The van der Waals surface area contributed by atoms with Crippen LogP contribution in [0.1, 0.15) is 40.4 Å². The van der Waals surface area contributed by atoms with Crippen molar-refractivity contribution < 1.29 is 14.3 Å². The Morgan fingerprint density at radius 3 is 2.70 bits per heavy atom. The molecular weight excluding hydrogens is 380 g/mol. The van der Waals surface area contributed by atoms with Gasteiger partial charge in [-0.3, -0.25) is 4.79 Å². The SMILES string of the molecule is CCNC(=NCc1cccc(C(N)=O)c1)NCc1ccc(C)cc1OCCCOC. The summed E-state index contributed by atoms with van der Waals surface area (Å²) in [7, 11) is 1.69. The summed E-state index contributed by atoms with van der Waals surface area (Å²) in [6.07, 6.45) is 0.839. The minimum absolute atomic E-state index is 0.435. The number of rotatable bonds is 11. The van der Waals surface area contributed by atoms with Crippen LogP contribution in [0.15, 0.2) is 47.5 Å². The molecule has 0 fully saturated rings. The summed E-state index contributed by atoms with van der Waals surface area (Å²) in [5.74, 6) is 1.11. The number of hydrogen-bond acceptors (Lipinski definition) is 4. The molecule has 162 valence electrons. The number of aryl methyl sites for hydroxylation is 1. The van der Waals surface area contributed by atoms with Crippen molar-refractivity contribution in [3.05, 3.63) is 64.7 Å². The predicted molar refractivity (Wildman–Crippen MR) is 120 cm³/mol. The van der Waals surface area contributed by atoms with Crippen molar-refractivity contribution in [2.75, 3.05) is 26.9 Å². The van der Waals surface area contributed by atoms with Gasteiger partial charge in [0.1, 0.15) is 5.75 Å². The summed E-state index contributed by atoms with van der Waals surface area (Å²) in [6.45, 7) is 7.09. The van der Waals surface area contributed by atoms with Crippen molar-refractivity contribution in [1.29, 1.82) is 0 Å². The highest BCUT2D eigenvalue weighted by molar-refractivity contribution is 5.92. The van der Waals surface area contributed by atoms with E-state index in [2.05, 4.69) is 27.8 Å².